The van der Waals surface area contributed by atoms with Gasteiger partial charge in [-0.15, -0.1) is 0 Å². The summed E-state index contributed by atoms with van der Waals surface area (Å²) in [5.41, 5.74) is 7.68. The number of nitrogens with zero attached hydrogens (tertiary/aromatic N) is 1. The normalized spacial score (nSPS) is 18.2. The lowest BCUT2D eigenvalue weighted by atomic mass is 9.85. The maximum absolute atomic E-state index is 9.29. The molecule has 108 valence electrons. The molecule has 2 N–H and O–H groups in total. The highest BCUT2D eigenvalue weighted by Crippen LogP contribution is 2.39. The minimum absolute atomic E-state index is 0.00480. The van der Waals surface area contributed by atoms with Gasteiger partial charge in [-0.05, 0) is 42.7 Å². The molecule has 1 aliphatic rings. The van der Waals surface area contributed by atoms with Crippen LogP contribution in [0.5, 0.6) is 5.75 Å². The van der Waals surface area contributed by atoms with Crippen molar-refractivity contribution in [3.63, 3.8) is 0 Å². The van der Waals surface area contributed by atoms with Gasteiger partial charge in [-0.25, -0.2) is 0 Å². The van der Waals surface area contributed by atoms with Gasteiger partial charge in [0.05, 0.1) is 6.07 Å². The first-order valence-corrected chi connectivity index (χ1v) is 7.20. The van der Waals surface area contributed by atoms with E-state index < -0.39 is 5.54 Å². The Balaban J connectivity index is 2.20. The SMILES string of the molecule is Cc1ccc(OCC(N)(C#N)C2CC2)c(C(C)(C)C)c1. The zero-order valence-corrected chi connectivity index (χ0v) is 12.9. The second kappa shape index (κ2) is 5.10. The van der Waals surface area contributed by atoms with Crippen molar-refractivity contribution in [3.05, 3.63) is 29.3 Å². The predicted molar refractivity (Wildman–Crippen MR) is 80.6 cm³/mol. The average Bonchev–Trinajstić information content (AvgIpc) is 3.20. The highest BCUT2D eigenvalue weighted by Gasteiger charge is 2.43. The summed E-state index contributed by atoms with van der Waals surface area (Å²) in [5.74, 6) is 1.13. The first-order valence-electron chi connectivity index (χ1n) is 7.20. The Bertz CT molecular complexity index is 535. The Kier molecular flexibility index (Phi) is 3.80. The summed E-state index contributed by atoms with van der Waals surface area (Å²) in [5, 5.41) is 9.29. The second-order valence-electron chi connectivity index (χ2n) is 6.96. The molecule has 1 fully saturated rings. The molecule has 0 aromatic heterocycles. The zero-order valence-electron chi connectivity index (χ0n) is 12.9. The van der Waals surface area contributed by atoms with Crippen LogP contribution in [0.1, 0.15) is 44.7 Å². The number of hydrogen-bond acceptors (Lipinski definition) is 3. The van der Waals surface area contributed by atoms with Crippen molar-refractivity contribution in [2.75, 3.05) is 6.61 Å². The van der Waals surface area contributed by atoms with E-state index in [1.165, 1.54) is 5.56 Å². The molecule has 3 nitrogen and oxygen atoms in total. The summed E-state index contributed by atoms with van der Waals surface area (Å²) in [6.07, 6.45) is 2.07. The van der Waals surface area contributed by atoms with Crippen molar-refractivity contribution in [2.24, 2.45) is 11.7 Å². The number of nitriles is 1. The maximum atomic E-state index is 9.29. The molecule has 0 bridgehead atoms. The second-order valence-corrected chi connectivity index (χ2v) is 6.96. The van der Waals surface area contributed by atoms with E-state index in [9.17, 15) is 5.26 Å². The van der Waals surface area contributed by atoms with Crippen LogP contribution in [-0.2, 0) is 5.41 Å². The van der Waals surface area contributed by atoms with Crippen LogP contribution in [0, 0.1) is 24.2 Å². The van der Waals surface area contributed by atoms with Gasteiger partial charge in [0.15, 0.2) is 0 Å². The van der Waals surface area contributed by atoms with Gasteiger partial charge in [0, 0.05) is 0 Å². The molecule has 0 amide bonds. The first-order chi connectivity index (χ1) is 9.26. The third-order valence-corrected chi connectivity index (χ3v) is 3.92. The highest BCUT2D eigenvalue weighted by molar-refractivity contribution is 5.41. The summed E-state index contributed by atoms with van der Waals surface area (Å²) in [6.45, 7) is 8.83. The molecule has 1 atom stereocenters. The van der Waals surface area contributed by atoms with Crippen LogP contribution in [0.3, 0.4) is 0 Å². The van der Waals surface area contributed by atoms with Gasteiger partial charge in [-0.2, -0.15) is 5.26 Å². The number of nitrogens with two attached hydrogens (primary N) is 1. The molecule has 1 aliphatic carbocycles. The van der Waals surface area contributed by atoms with Gasteiger partial charge in [-0.3, -0.25) is 0 Å². The summed E-state index contributed by atoms with van der Waals surface area (Å²) < 4.78 is 5.93. The van der Waals surface area contributed by atoms with Crippen LogP contribution in [0.15, 0.2) is 18.2 Å². The van der Waals surface area contributed by atoms with E-state index in [1.54, 1.807) is 0 Å². The van der Waals surface area contributed by atoms with E-state index in [2.05, 4.69) is 39.8 Å². The largest absolute Gasteiger partial charge is 0.490 e. The maximum Gasteiger partial charge on any atom is 0.141 e. The molecule has 20 heavy (non-hydrogen) atoms. The molecule has 1 unspecified atom stereocenters. The first kappa shape index (κ1) is 14.9. The molecule has 1 aromatic rings. The van der Waals surface area contributed by atoms with E-state index in [4.69, 9.17) is 10.5 Å². The van der Waals surface area contributed by atoms with Gasteiger partial charge in [0.2, 0.25) is 0 Å². The van der Waals surface area contributed by atoms with Gasteiger partial charge in [-0.1, -0.05) is 38.5 Å². The zero-order chi connectivity index (χ0) is 15.0. The fraction of sp³-hybridized carbons (Fsp3) is 0.588. The fourth-order valence-electron chi connectivity index (χ4n) is 2.39. The molecular weight excluding hydrogens is 248 g/mol. The van der Waals surface area contributed by atoms with E-state index in [1.807, 2.05) is 12.1 Å². The minimum Gasteiger partial charge on any atom is -0.490 e. The number of rotatable bonds is 4. The van der Waals surface area contributed by atoms with Gasteiger partial charge in [0.25, 0.3) is 0 Å². The van der Waals surface area contributed by atoms with Crippen molar-refractivity contribution in [1.82, 2.24) is 0 Å². The smallest absolute Gasteiger partial charge is 0.141 e. The van der Waals surface area contributed by atoms with Crippen molar-refractivity contribution < 1.29 is 4.74 Å². The molecule has 1 aromatic carbocycles. The Morgan fingerprint density at radius 3 is 2.50 bits per heavy atom. The Hall–Kier alpha value is -1.53. The Labute approximate surface area is 121 Å². The standard InChI is InChI=1S/C17H24N2O/c1-12-5-8-15(14(9-12)16(2,3)4)20-11-17(19,10-18)13-6-7-13/h5,8-9,13H,6-7,11,19H2,1-4H3. The third kappa shape index (κ3) is 3.13. The Morgan fingerprint density at radius 1 is 1.35 bits per heavy atom. The van der Waals surface area contributed by atoms with E-state index in [0.29, 0.717) is 0 Å². The molecule has 0 aliphatic heterocycles. The summed E-state index contributed by atoms with van der Waals surface area (Å²) in [4.78, 5) is 0. The molecule has 0 radical (unpaired) electrons. The third-order valence-electron chi connectivity index (χ3n) is 3.92. The van der Waals surface area contributed by atoms with Crippen LogP contribution >= 0.6 is 0 Å². The predicted octanol–water partition coefficient (Wildman–Crippen LogP) is 3.30. The van der Waals surface area contributed by atoms with E-state index in [0.717, 1.165) is 24.2 Å². The number of hydrogen-bond donors (Lipinski definition) is 1. The van der Waals surface area contributed by atoms with Gasteiger partial charge < -0.3 is 10.5 Å². The van der Waals surface area contributed by atoms with Crippen molar-refractivity contribution in [2.45, 2.75) is 51.5 Å². The molecule has 1 saturated carbocycles. The van der Waals surface area contributed by atoms with Gasteiger partial charge >= 0.3 is 0 Å². The van der Waals surface area contributed by atoms with Crippen LogP contribution in [0.4, 0.5) is 0 Å². The average molecular weight is 272 g/mol. The van der Waals surface area contributed by atoms with Crippen molar-refractivity contribution >= 4 is 0 Å². The van der Waals surface area contributed by atoms with Crippen molar-refractivity contribution in [1.29, 1.82) is 5.26 Å². The van der Waals surface area contributed by atoms with Crippen LogP contribution in [-0.4, -0.2) is 12.1 Å². The summed E-state index contributed by atoms with van der Waals surface area (Å²) in [6, 6.07) is 8.40. The highest BCUT2D eigenvalue weighted by atomic mass is 16.5. The van der Waals surface area contributed by atoms with Crippen LogP contribution < -0.4 is 10.5 Å². The molecule has 0 spiro atoms. The Morgan fingerprint density at radius 2 is 2.00 bits per heavy atom. The van der Waals surface area contributed by atoms with Crippen molar-refractivity contribution in [3.8, 4) is 11.8 Å². The molecule has 2 rings (SSSR count). The number of ether oxygens (including phenoxy) is 1. The lowest BCUT2D eigenvalue weighted by Gasteiger charge is -2.26. The van der Waals surface area contributed by atoms with Crippen LogP contribution in [0.2, 0.25) is 0 Å². The fourth-order valence-corrected chi connectivity index (χ4v) is 2.39. The summed E-state index contributed by atoms with van der Waals surface area (Å²) in [7, 11) is 0. The molecule has 3 heteroatoms. The number of aryl methyl sites for hydroxylation is 1. The lowest BCUT2D eigenvalue weighted by molar-refractivity contribution is 0.232. The van der Waals surface area contributed by atoms with E-state index >= 15 is 0 Å². The monoisotopic (exact) mass is 272 g/mol. The number of benzene rings is 1. The quantitative estimate of drug-likeness (QED) is 0.914. The lowest BCUT2D eigenvalue weighted by Crippen LogP contribution is -2.46. The summed E-state index contributed by atoms with van der Waals surface area (Å²) >= 11 is 0. The van der Waals surface area contributed by atoms with E-state index in [-0.39, 0.29) is 17.9 Å². The molecular formula is C17H24N2O. The topological polar surface area (TPSA) is 59.0 Å². The van der Waals surface area contributed by atoms with Crippen LogP contribution in [0.25, 0.3) is 0 Å². The minimum atomic E-state index is -0.847. The van der Waals surface area contributed by atoms with Gasteiger partial charge in [0.1, 0.15) is 17.9 Å². The molecule has 0 saturated heterocycles. The molecule has 0 heterocycles.